The van der Waals surface area contributed by atoms with Crippen LogP contribution in [0.5, 0.6) is 5.75 Å². The monoisotopic (exact) mass is 311 g/mol. The van der Waals surface area contributed by atoms with E-state index in [0.29, 0.717) is 5.01 Å². The molecule has 88 valence electrons. The molecule has 0 unspecified atom stereocenters. The zero-order chi connectivity index (χ0) is 12.4. The number of thiazole rings is 1. The number of Topliss-reactive ketones (excluding diaryl/α,β-unsaturated/α-hetero) is 1. The number of halogens is 1. The molecule has 0 spiro atoms. The standard InChI is InChI=1S/C12H10BrNO2S/c1-7(15)12-14-10(6-17-12)9-5-8(13)3-4-11(9)16-2/h3-6H,1-2H3. The molecule has 0 fully saturated rings. The number of methoxy groups -OCH3 is 1. The van der Waals surface area contributed by atoms with Crippen LogP contribution in [0.2, 0.25) is 0 Å². The van der Waals surface area contributed by atoms with Gasteiger partial charge in [0.05, 0.1) is 12.8 Å². The average molecular weight is 312 g/mol. The zero-order valence-electron chi connectivity index (χ0n) is 9.36. The summed E-state index contributed by atoms with van der Waals surface area (Å²) in [5.41, 5.74) is 1.64. The molecule has 0 saturated heterocycles. The Kier molecular flexibility index (Phi) is 3.59. The number of aromatic nitrogens is 1. The second kappa shape index (κ2) is 4.98. The van der Waals surface area contributed by atoms with Crippen LogP contribution in [0.1, 0.15) is 16.7 Å². The van der Waals surface area contributed by atoms with Crippen molar-refractivity contribution in [1.29, 1.82) is 0 Å². The van der Waals surface area contributed by atoms with Gasteiger partial charge in [-0.15, -0.1) is 11.3 Å². The van der Waals surface area contributed by atoms with E-state index in [2.05, 4.69) is 20.9 Å². The summed E-state index contributed by atoms with van der Waals surface area (Å²) >= 11 is 4.76. The first-order valence-electron chi connectivity index (χ1n) is 4.92. The van der Waals surface area contributed by atoms with Gasteiger partial charge in [0.25, 0.3) is 0 Å². The van der Waals surface area contributed by atoms with Crippen LogP contribution in [0.4, 0.5) is 0 Å². The molecule has 0 bridgehead atoms. The molecule has 1 aromatic heterocycles. The van der Waals surface area contributed by atoms with Crippen molar-refractivity contribution in [2.75, 3.05) is 7.11 Å². The minimum atomic E-state index is -0.0183. The molecule has 0 aliphatic heterocycles. The molecule has 3 nitrogen and oxygen atoms in total. The smallest absolute Gasteiger partial charge is 0.188 e. The summed E-state index contributed by atoms with van der Waals surface area (Å²) in [6, 6.07) is 5.70. The molecule has 0 aliphatic rings. The van der Waals surface area contributed by atoms with Crippen LogP contribution < -0.4 is 4.74 Å². The summed E-state index contributed by atoms with van der Waals surface area (Å²) < 4.78 is 6.23. The van der Waals surface area contributed by atoms with Gasteiger partial charge in [-0.05, 0) is 18.2 Å². The summed E-state index contributed by atoms with van der Waals surface area (Å²) in [5.74, 6) is 0.726. The topological polar surface area (TPSA) is 39.2 Å². The van der Waals surface area contributed by atoms with Crippen molar-refractivity contribution in [3.63, 3.8) is 0 Å². The molecule has 0 amide bonds. The van der Waals surface area contributed by atoms with E-state index in [0.717, 1.165) is 21.5 Å². The van der Waals surface area contributed by atoms with Gasteiger partial charge in [0.1, 0.15) is 5.75 Å². The van der Waals surface area contributed by atoms with Crippen molar-refractivity contribution in [3.8, 4) is 17.0 Å². The van der Waals surface area contributed by atoms with Crippen LogP contribution in [0.15, 0.2) is 28.1 Å². The predicted octanol–water partition coefficient (Wildman–Crippen LogP) is 3.78. The lowest BCUT2D eigenvalue weighted by atomic mass is 10.1. The van der Waals surface area contributed by atoms with Crippen molar-refractivity contribution < 1.29 is 9.53 Å². The minimum absolute atomic E-state index is 0.0183. The molecule has 0 radical (unpaired) electrons. The Hall–Kier alpha value is -1.20. The lowest BCUT2D eigenvalue weighted by Gasteiger charge is -2.06. The minimum Gasteiger partial charge on any atom is -0.496 e. The molecule has 2 aromatic rings. The Labute approximate surface area is 112 Å². The van der Waals surface area contributed by atoms with Gasteiger partial charge in [-0.2, -0.15) is 0 Å². The first-order valence-corrected chi connectivity index (χ1v) is 6.59. The second-order valence-electron chi connectivity index (χ2n) is 3.44. The van der Waals surface area contributed by atoms with E-state index in [9.17, 15) is 4.79 Å². The normalized spacial score (nSPS) is 10.3. The van der Waals surface area contributed by atoms with E-state index >= 15 is 0 Å². The number of carbonyl (C=O) groups is 1. The third-order valence-electron chi connectivity index (χ3n) is 2.24. The van der Waals surface area contributed by atoms with Gasteiger partial charge in [-0.25, -0.2) is 4.98 Å². The Balaban J connectivity index is 2.51. The lowest BCUT2D eigenvalue weighted by Crippen LogP contribution is -1.91. The SMILES string of the molecule is COc1ccc(Br)cc1-c1csc(C(C)=O)n1. The quantitative estimate of drug-likeness (QED) is 0.810. The van der Waals surface area contributed by atoms with Crippen LogP contribution in [0, 0.1) is 0 Å². The molecule has 0 N–H and O–H groups in total. The van der Waals surface area contributed by atoms with Gasteiger partial charge in [-0.3, -0.25) is 4.79 Å². The summed E-state index contributed by atoms with van der Waals surface area (Å²) in [6.45, 7) is 1.51. The van der Waals surface area contributed by atoms with Crippen LogP contribution in [0.25, 0.3) is 11.3 Å². The van der Waals surface area contributed by atoms with Gasteiger partial charge in [0.2, 0.25) is 0 Å². The Morgan fingerprint density at radius 2 is 2.24 bits per heavy atom. The summed E-state index contributed by atoms with van der Waals surface area (Å²) in [4.78, 5) is 15.5. The van der Waals surface area contributed by atoms with Gasteiger partial charge in [0, 0.05) is 22.3 Å². The Morgan fingerprint density at radius 3 is 2.82 bits per heavy atom. The molecule has 0 saturated carbocycles. The number of benzene rings is 1. The molecule has 0 aliphatic carbocycles. The van der Waals surface area contributed by atoms with Crippen LogP contribution in [0.3, 0.4) is 0 Å². The van der Waals surface area contributed by atoms with E-state index < -0.39 is 0 Å². The summed E-state index contributed by atoms with van der Waals surface area (Å²) in [6.07, 6.45) is 0. The molecule has 17 heavy (non-hydrogen) atoms. The van der Waals surface area contributed by atoms with Crippen LogP contribution >= 0.6 is 27.3 Å². The van der Waals surface area contributed by atoms with Gasteiger partial charge in [-0.1, -0.05) is 15.9 Å². The third-order valence-corrected chi connectivity index (χ3v) is 3.68. The lowest BCUT2D eigenvalue weighted by molar-refractivity contribution is 0.101. The molecule has 1 aromatic carbocycles. The zero-order valence-corrected chi connectivity index (χ0v) is 11.8. The molecular weight excluding hydrogens is 302 g/mol. The van der Waals surface area contributed by atoms with Crippen LogP contribution in [-0.2, 0) is 0 Å². The number of ketones is 1. The van der Waals surface area contributed by atoms with Crippen molar-refractivity contribution in [2.45, 2.75) is 6.92 Å². The fourth-order valence-electron chi connectivity index (χ4n) is 1.44. The number of carbonyl (C=O) groups excluding carboxylic acids is 1. The first kappa shape index (κ1) is 12.3. The van der Waals surface area contributed by atoms with Crippen molar-refractivity contribution in [3.05, 3.63) is 33.1 Å². The number of nitrogens with zero attached hydrogens (tertiary/aromatic N) is 1. The van der Waals surface area contributed by atoms with E-state index in [4.69, 9.17) is 4.74 Å². The fourth-order valence-corrected chi connectivity index (χ4v) is 2.52. The molecule has 1 heterocycles. The molecular formula is C12H10BrNO2S. The number of rotatable bonds is 3. The average Bonchev–Trinajstić information content (AvgIpc) is 2.78. The second-order valence-corrected chi connectivity index (χ2v) is 5.21. The largest absolute Gasteiger partial charge is 0.496 e. The Morgan fingerprint density at radius 1 is 1.47 bits per heavy atom. The maximum Gasteiger partial charge on any atom is 0.188 e. The van der Waals surface area contributed by atoms with Crippen LogP contribution in [-0.4, -0.2) is 17.9 Å². The highest BCUT2D eigenvalue weighted by Gasteiger charge is 2.12. The number of ether oxygens (including phenoxy) is 1. The summed E-state index contributed by atoms with van der Waals surface area (Å²) in [5, 5.41) is 2.38. The van der Waals surface area contributed by atoms with Gasteiger partial charge in [0.15, 0.2) is 10.8 Å². The Bertz CT molecular complexity index is 565. The van der Waals surface area contributed by atoms with Gasteiger partial charge < -0.3 is 4.74 Å². The van der Waals surface area contributed by atoms with E-state index in [1.54, 1.807) is 7.11 Å². The van der Waals surface area contributed by atoms with Crippen molar-refractivity contribution in [2.24, 2.45) is 0 Å². The van der Waals surface area contributed by atoms with E-state index in [-0.39, 0.29) is 5.78 Å². The van der Waals surface area contributed by atoms with E-state index in [1.165, 1.54) is 18.3 Å². The highest BCUT2D eigenvalue weighted by molar-refractivity contribution is 9.10. The highest BCUT2D eigenvalue weighted by atomic mass is 79.9. The first-order chi connectivity index (χ1) is 8.11. The van der Waals surface area contributed by atoms with E-state index in [1.807, 2.05) is 23.6 Å². The maximum absolute atomic E-state index is 11.2. The third kappa shape index (κ3) is 2.56. The fraction of sp³-hybridized carbons (Fsp3) is 0.167. The predicted molar refractivity (Wildman–Crippen MR) is 71.8 cm³/mol. The van der Waals surface area contributed by atoms with Crippen molar-refractivity contribution in [1.82, 2.24) is 4.98 Å². The molecule has 2 rings (SSSR count). The molecule has 5 heteroatoms. The summed E-state index contributed by atoms with van der Waals surface area (Å²) in [7, 11) is 1.62. The highest BCUT2D eigenvalue weighted by Crippen LogP contribution is 2.33. The van der Waals surface area contributed by atoms with Crippen molar-refractivity contribution >= 4 is 33.0 Å². The number of hydrogen-bond donors (Lipinski definition) is 0. The maximum atomic E-state index is 11.2. The van der Waals surface area contributed by atoms with Gasteiger partial charge >= 0.3 is 0 Å². The number of hydrogen-bond acceptors (Lipinski definition) is 4. The molecule has 0 atom stereocenters.